The molecule has 1 aliphatic carbocycles. The van der Waals surface area contributed by atoms with Gasteiger partial charge in [-0.1, -0.05) is 34.8 Å². The van der Waals surface area contributed by atoms with E-state index < -0.39 is 0 Å². The molecular weight excluding hydrogens is 266 g/mol. The Bertz CT molecular complexity index is 348. The first-order valence-electron chi connectivity index (χ1n) is 5.91. The molecule has 0 amide bonds. The van der Waals surface area contributed by atoms with E-state index >= 15 is 0 Å². The van der Waals surface area contributed by atoms with Gasteiger partial charge in [-0.3, -0.25) is 0 Å². The minimum absolute atomic E-state index is 0.535. The molecule has 1 aromatic rings. The predicted octanol–water partition coefficient (Wildman–Crippen LogP) is 3.48. The fourth-order valence-corrected chi connectivity index (χ4v) is 2.56. The summed E-state index contributed by atoms with van der Waals surface area (Å²) in [6, 6.07) is 6.04. The van der Waals surface area contributed by atoms with Crippen molar-refractivity contribution in [3.8, 4) is 5.75 Å². The number of nitrogens with two attached hydrogens (primary N) is 1. The number of hydrogen-bond donors (Lipinski definition) is 1. The molecule has 0 heterocycles. The highest BCUT2D eigenvalue weighted by molar-refractivity contribution is 9.10. The third-order valence-corrected chi connectivity index (χ3v) is 3.69. The molecule has 2 nitrogen and oxygen atoms in total. The van der Waals surface area contributed by atoms with E-state index in [1.807, 2.05) is 18.2 Å². The van der Waals surface area contributed by atoms with E-state index in [4.69, 9.17) is 10.5 Å². The van der Waals surface area contributed by atoms with Crippen LogP contribution in [0.1, 0.15) is 31.2 Å². The molecule has 0 spiro atoms. The number of hydrogen-bond acceptors (Lipinski definition) is 2. The van der Waals surface area contributed by atoms with Crippen molar-refractivity contribution in [2.75, 3.05) is 6.61 Å². The van der Waals surface area contributed by atoms with Crippen LogP contribution in [0.4, 0.5) is 0 Å². The molecule has 2 N–H and O–H groups in total. The molecule has 2 rings (SSSR count). The van der Waals surface area contributed by atoms with Gasteiger partial charge in [0.2, 0.25) is 0 Å². The third-order valence-electron chi connectivity index (χ3n) is 3.20. The van der Waals surface area contributed by atoms with Crippen LogP contribution in [0.2, 0.25) is 0 Å². The van der Waals surface area contributed by atoms with Crippen LogP contribution in [0.15, 0.2) is 22.7 Å². The van der Waals surface area contributed by atoms with Crippen LogP contribution in [0.5, 0.6) is 5.75 Å². The van der Waals surface area contributed by atoms with Gasteiger partial charge in [-0.15, -0.1) is 0 Å². The van der Waals surface area contributed by atoms with E-state index in [-0.39, 0.29) is 0 Å². The molecular formula is C13H18BrNO. The van der Waals surface area contributed by atoms with E-state index in [0.717, 1.165) is 28.3 Å². The lowest BCUT2D eigenvalue weighted by Gasteiger charge is -2.14. The van der Waals surface area contributed by atoms with Gasteiger partial charge in [-0.05, 0) is 30.9 Å². The van der Waals surface area contributed by atoms with Gasteiger partial charge in [0.1, 0.15) is 5.75 Å². The average Bonchev–Trinajstić information content (AvgIpc) is 2.79. The van der Waals surface area contributed by atoms with Gasteiger partial charge >= 0.3 is 0 Å². The van der Waals surface area contributed by atoms with Crippen molar-refractivity contribution in [2.24, 2.45) is 11.7 Å². The molecule has 1 aliphatic rings. The summed E-state index contributed by atoms with van der Waals surface area (Å²) in [4.78, 5) is 0. The lowest BCUT2D eigenvalue weighted by atomic mass is 10.1. The van der Waals surface area contributed by atoms with Crippen LogP contribution in [0, 0.1) is 5.92 Å². The highest BCUT2D eigenvalue weighted by Gasteiger charge is 2.16. The van der Waals surface area contributed by atoms with Crippen LogP contribution in [-0.2, 0) is 6.54 Å². The smallest absolute Gasteiger partial charge is 0.124 e. The van der Waals surface area contributed by atoms with Gasteiger partial charge in [0.05, 0.1) is 6.61 Å². The molecule has 0 radical (unpaired) electrons. The fraction of sp³-hybridized carbons (Fsp3) is 0.538. The molecule has 0 bridgehead atoms. The monoisotopic (exact) mass is 283 g/mol. The maximum Gasteiger partial charge on any atom is 0.124 e. The van der Waals surface area contributed by atoms with Gasteiger partial charge in [-0.25, -0.2) is 0 Å². The second-order valence-corrected chi connectivity index (χ2v) is 5.33. The van der Waals surface area contributed by atoms with E-state index in [1.165, 1.54) is 25.7 Å². The van der Waals surface area contributed by atoms with Crippen LogP contribution in [0.3, 0.4) is 0 Å². The minimum atomic E-state index is 0.535. The molecule has 0 aromatic heterocycles. The maximum atomic E-state index is 5.88. The van der Waals surface area contributed by atoms with E-state index in [2.05, 4.69) is 15.9 Å². The first-order chi connectivity index (χ1) is 7.79. The number of rotatable bonds is 4. The predicted molar refractivity (Wildman–Crippen MR) is 69.5 cm³/mol. The molecule has 0 aliphatic heterocycles. The van der Waals surface area contributed by atoms with Gasteiger partial charge < -0.3 is 10.5 Å². The highest BCUT2D eigenvalue weighted by Crippen LogP contribution is 2.28. The molecule has 1 fully saturated rings. The molecule has 3 heteroatoms. The second kappa shape index (κ2) is 5.69. The van der Waals surface area contributed by atoms with Crippen molar-refractivity contribution in [3.05, 3.63) is 28.2 Å². The minimum Gasteiger partial charge on any atom is -0.493 e. The molecule has 1 saturated carbocycles. The van der Waals surface area contributed by atoms with Crippen molar-refractivity contribution in [1.29, 1.82) is 0 Å². The Balaban J connectivity index is 1.98. The largest absolute Gasteiger partial charge is 0.493 e. The van der Waals surface area contributed by atoms with Crippen molar-refractivity contribution < 1.29 is 4.74 Å². The van der Waals surface area contributed by atoms with Crippen molar-refractivity contribution in [2.45, 2.75) is 32.2 Å². The normalized spacial score (nSPS) is 16.6. The first kappa shape index (κ1) is 11.9. The molecule has 88 valence electrons. The summed E-state index contributed by atoms with van der Waals surface area (Å²) in [5.74, 6) is 1.67. The van der Waals surface area contributed by atoms with Crippen LogP contribution >= 0.6 is 15.9 Å². The van der Waals surface area contributed by atoms with E-state index in [1.54, 1.807) is 0 Å². The van der Waals surface area contributed by atoms with Gasteiger partial charge in [0, 0.05) is 16.6 Å². The number of ether oxygens (including phenoxy) is 1. The standard InChI is InChI=1S/C13H18BrNO/c14-12-6-5-11(8-15)13(7-12)16-9-10-3-1-2-4-10/h5-7,10H,1-4,8-9,15H2. The van der Waals surface area contributed by atoms with Crippen molar-refractivity contribution >= 4 is 15.9 Å². The lowest BCUT2D eigenvalue weighted by Crippen LogP contribution is -2.10. The molecule has 0 saturated heterocycles. The summed E-state index contributed by atoms with van der Waals surface area (Å²) in [6.07, 6.45) is 5.34. The molecule has 0 unspecified atom stereocenters. The van der Waals surface area contributed by atoms with Crippen LogP contribution < -0.4 is 10.5 Å². The Hall–Kier alpha value is -0.540. The topological polar surface area (TPSA) is 35.2 Å². The Kier molecular flexibility index (Phi) is 4.24. The third kappa shape index (κ3) is 2.98. The number of halogens is 1. The SMILES string of the molecule is NCc1ccc(Br)cc1OCC1CCCC1. The average molecular weight is 284 g/mol. The van der Waals surface area contributed by atoms with Gasteiger partial charge in [0.15, 0.2) is 0 Å². The summed E-state index contributed by atoms with van der Waals surface area (Å²) >= 11 is 3.46. The summed E-state index contributed by atoms with van der Waals surface area (Å²) < 4.78 is 6.93. The van der Waals surface area contributed by atoms with Crippen LogP contribution in [0.25, 0.3) is 0 Å². The lowest BCUT2D eigenvalue weighted by molar-refractivity contribution is 0.250. The second-order valence-electron chi connectivity index (χ2n) is 4.42. The summed E-state index contributed by atoms with van der Waals surface area (Å²) in [5.41, 5.74) is 6.77. The van der Waals surface area contributed by atoms with Gasteiger partial charge in [-0.2, -0.15) is 0 Å². The number of benzene rings is 1. The summed E-state index contributed by atoms with van der Waals surface area (Å²) in [7, 11) is 0. The Morgan fingerprint density at radius 1 is 1.31 bits per heavy atom. The molecule has 16 heavy (non-hydrogen) atoms. The fourth-order valence-electron chi connectivity index (χ4n) is 2.22. The van der Waals surface area contributed by atoms with Crippen LogP contribution in [-0.4, -0.2) is 6.61 Å². The molecule has 1 aromatic carbocycles. The quantitative estimate of drug-likeness (QED) is 0.918. The Morgan fingerprint density at radius 3 is 2.75 bits per heavy atom. The van der Waals surface area contributed by atoms with Crippen molar-refractivity contribution in [3.63, 3.8) is 0 Å². The zero-order chi connectivity index (χ0) is 11.4. The van der Waals surface area contributed by atoms with Gasteiger partial charge in [0.25, 0.3) is 0 Å². The Labute approximate surface area is 105 Å². The Morgan fingerprint density at radius 2 is 2.06 bits per heavy atom. The molecule has 0 atom stereocenters. The summed E-state index contributed by atoms with van der Waals surface area (Å²) in [5, 5.41) is 0. The first-order valence-corrected chi connectivity index (χ1v) is 6.70. The zero-order valence-corrected chi connectivity index (χ0v) is 11.0. The summed E-state index contributed by atoms with van der Waals surface area (Å²) in [6.45, 7) is 1.37. The zero-order valence-electron chi connectivity index (χ0n) is 9.42. The maximum absolute atomic E-state index is 5.88. The highest BCUT2D eigenvalue weighted by atomic mass is 79.9. The van der Waals surface area contributed by atoms with Crippen molar-refractivity contribution in [1.82, 2.24) is 0 Å². The van der Waals surface area contributed by atoms with E-state index in [9.17, 15) is 0 Å². The van der Waals surface area contributed by atoms with E-state index in [0.29, 0.717) is 6.54 Å².